The molecular weight excluding hydrogens is 354 g/mol. The lowest BCUT2D eigenvalue weighted by molar-refractivity contribution is 0.0486. The van der Waals surface area contributed by atoms with Crippen molar-refractivity contribution in [1.29, 1.82) is 0 Å². The molecule has 1 saturated heterocycles. The van der Waals surface area contributed by atoms with Gasteiger partial charge in [0.25, 0.3) is 5.91 Å². The van der Waals surface area contributed by atoms with Crippen LogP contribution >= 0.6 is 0 Å². The fourth-order valence-corrected chi connectivity index (χ4v) is 3.87. The van der Waals surface area contributed by atoms with Gasteiger partial charge >= 0.3 is 0 Å². The number of carbonyl (C=O) groups is 1. The standard InChI is InChI=1S/C22H25N3O3/c1-2-28-17-9-7-16(8-10-17)22(11-13-27-14-12-22)15-23-21(26)20-18-5-3-4-6-19(18)24-25-20/h3-10H,2,11-15H2,1H3,(H,23,26)(H,24,25). The largest absolute Gasteiger partial charge is 0.494 e. The Bertz CT molecular complexity index is 943. The summed E-state index contributed by atoms with van der Waals surface area (Å²) in [5.74, 6) is 0.703. The van der Waals surface area contributed by atoms with Gasteiger partial charge in [0.2, 0.25) is 0 Å². The van der Waals surface area contributed by atoms with Crippen LogP contribution in [-0.2, 0) is 10.2 Å². The maximum atomic E-state index is 12.8. The zero-order valence-electron chi connectivity index (χ0n) is 16.0. The molecule has 28 heavy (non-hydrogen) atoms. The molecule has 6 nitrogen and oxygen atoms in total. The average molecular weight is 379 g/mol. The normalized spacial score (nSPS) is 16.0. The van der Waals surface area contributed by atoms with E-state index in [4.69, 9.17) is 9.47 Å². The summed E-state index contributed by atoms with van der Waals surface area (Å²) < 4.78 is 11.2. The van der Waals surface area contributed by atoms with Crippen LogP contribution in [0, 0.1) is 0 Å². The van der Waals surface area contributed by atoms with Crippen molar-refractivity contribution >= 4 is 16.8 Å². The highest BCUT2D eigenvalue weighted by atomic mass is 16.5. The first-order chi connectivity index (χ1) is 13.7. The van der Waals surface area contributed by atoms with Gasteiger partial charge in [-0.1, -0.05) is 30.3 Å². The molecule has 1 aliphatic rings. The molecule has 4 rings (SSSR count). The van der Waals surface area contributed by atoms with E-state index in [9.17, 15) is 4.79 Å². The average Bonchev–Trinajstić information content (AvgIpc) is 3.18. The summed E-state index contributed by atoms with van der Waals surface area (Å²) in [7, 11) is 0. The summed E-state index contributed by atoms with van der Waals surface area (Å²) in [4.78, 5) is 12.8. The van der Waals surface area contributed by atoms with E-state index in [1.54, 1.807) is 0 Å². The molecule has 1 aromatic heterocycles. The minimum atomic E-state index is -0.158. The third-order valence-corrected chi connectivity index (χ3v) is 5.50. The summed E-state index contributed by atoms with van der Waals surface area (Å²) in [5, 5.41) is 11.1. The summed E-state index contributed by atoms with van der Waals surface area (Å²) in [5.41, 5.74) is 2.35. The molecule has 0 aliphatic carbocycles. The molecule has 6 heteroatoms. The molecule has 0 bridgehead atoms. The number of amides is 1. The Hall–Kier alpha value is -2.86. The van der Waals surface area contributed by atoms with Gasteiger partial charge in [0.05, 0.1) is 12.1 Å². The van der Waals surface area contributed by atoms with Gasteiger partial charge in [-0.15, -0.1) is 0 Å². The number of nitrogens with one attached hydrogen (secondary N) is 2. The van der Waals surface area contributed by atoms with Gasteiger partial charge < -0.3 is 14.8 Å². The summed E-state index contributed by atoms with van der Waals surface area (Å²) in [6.07, 6.45) is 1.73. The number of aromatic amines is 1. The van der Waals surface area contributed by atoms with Crippen molar-refractivity contribution in [2.45, 2.75) is 25.2 Å². The molecule has 1 aliphatic heterocycles. The van der Waals surface area contributed by atoms with Crippen LogP contribution in [0.25, 0.3) is 10.9 Å². The highest BCUT2D eigenvalue weighted by Crippen LogP contribution is 2.35. The molecule has 0 saturated carbocycles. The number of aromatic nitrogens is 2. The van der Waals surface area contributed by atoms with Crippen molar-refractivity contribution in [3.63, 3.8) is 0 Å². The number of hydrogen-bond acceptors (Lipinski definition) is 4. The molecule has 0 unspecified atom stereocenters. The predicted octanol–water partition coefficient (Wildman–Crippen LogP) is 3.44. The first-order valence-corrected chi connectivity index (χ1v) is 9.74. The smallest absolute Gasteiger partial charge is 0.272 e. The van der Waals surface area contributed by atoms with Gasteiger partial charge in [-0.25, -0.2) is 0 Å². The van der Waals surface area contributed by atoms with Crippen LogP contribution in [0.4, 0.5) is 0 Å². The summed E-state index contributed by atoms with van der Waals surface area (Å²) >= 11 is 0. The lowest BCUT2D eigenvalue weighted by Gasteiger charge is -2.38. The van der Waals surface area contributed by atoms with Crippen molar-refractivity contribution < 1.29 is 14.3 Å². The first kappa shape index (κ1) is 18.5. The van der Waals surface area contributed by atoms with Crippen LogP contribution in [0.1, 0.15) is 35.8 Å². The fraction of sp³-hybridized carbons (Fsp3) is 0.364. The monoisotopic (exact) mass is 379 g/mol. The van der Waals surface area contributed by atoms with Gasteiger partial charge in [-0.2, -0.15) is 5.10 Å². The molecule has 146 valence electrons. The third-order valence-electron chi connectivity index (χ3n) is 5.50. The minimum Gasteiger partial charge on any atom is -0.494 e. The van der Waals surface area contributed by atoms with Crippen LogP contribution in [0.3, 0.4) is 0 Å². The minimum absolute atomic E-state index is 0.148. The van der Waals surface area contributed by atoms with Gasteiger partial charge in [-0.3, -0.25) is 9.89 Å². The number of fused-ring (bicyclic) bond motifs is 1. The van der Waals surface area contributed by atoms with E-state index in [-0.39, 0.29) is 11.3 Å². The van der Waals surface area contributed by atoms with E-state index < -0.39 is 0 Å². The first-order valence-electron chi connectivity index (χ1n) is 9.74. The van der Waals surface area contributed by atoms with E-state index in [2.05, 4.69) is 27.6 Å². The van der Waals surface area contributed by atoms with Crippen LogP contribution < -0.4 is 10.1 Å². The molecule has 0 radical (unpaired) electrons. The zero-order valence-corrected chi connectivity index (χ0v) is 16.0. The van der Waals surface area contributed by atoms with Crippen molar-refractivity contribution in [2.75, 3.05) is 26.4 Å². The van der Waals surface area contributed by atoms with Crippen molar-refractivity contribution in [3.8, 4) is 5.75 Å². The SMILES string of the molecule is CCOc1ccc(C2(CNC(=O)c3n[nH]c4ccccc34)CCOCC2)cc1. The van der Waals surface area contributed by atoms with Gasteiger partial charge in [0.1, 0.15) is 5.75 Å². The van der Waals surface area contributed by atoms with Gasteiger partial charge in [0.15, 0.2) is 5.69 Å². The molecule has 0 spiro atoms. The lowest BCUT2D eigenvalue weighted by atomic mass is 9.74. The molecule has 2 heterocycles. The number of benzene rings is 2. The van der Waals surface area contributed by atoms with Crippen LogP contribution in [-0.4, -0.2) is 42.5 Å². The quantitative estimate of drug-likeness (QED) is 0.688. The Balaban J connectivity index is 1.54. The molecular formula is C22H25N3O3. The topological polar surface area (TPSA) is 76.2 Å². The summed E-state index contributed by atoms with van der Waals surface area (Å²) in [6.45, 7) is 4.54. The molecule has 0 atom stereocenters. The second-order valence-electron chi connectivity index (χ2n) is 7.15. The highest BCUT2D eigenvalue weighted by Gasteiger charge is 2.35. The van der Waals surface area contributed by atoms with Gasteiger partial charge in [-0.05, 0) is 43.5 Å². The Morgan fingerprint density at radius 1 is 1.18 bits per heavy atom. The van der Waals surface area contributed by atoms with Crippen molar-refractivity contribution in [1.82, 2.24) is 15.5 Å². The zero-order chi connectivity index (χ0) is 19.4. The van der Waals surface area contributed by atoms with E-state index in [1.165, 1.54) is 5.56 Å². The molecule has 3 aromatic rings. The molecule has 1 fully saturated rings. The Kier molecular flexibility index (Phi) is 5.30. The Labute approximate surface area is 164 Å². The van der Waals surface area contributed by atoms with E-state index in [0.29, 0.717) is 32.1 Å². The van der Waals surface area contributed by atoms with E-state index in [1.807, 2.05) is 43.3 Å². The molecule has 2 aromatic carbocycles. The maximum Gasteiger partial charge on any atom is 0.272 e. The lowest BCUT2D eigenvalue weighted by Crippen LogP contribution is -2.44. The number of rotatable bonds is 6. The maximum absolute atomic E-state index is 12.8. The second-order valence-corrected chi connectivity index (χ2v) is 7.15. The number of carbonyl (C=O) groups excluding carboxylic acids is 1. The van der Waals surface area contributed by atoms with Crippen LogP contribution in [0.2, 0.25) is 0 Å². The fourth-order valence-electron chi connectivity index (χ4n) is 3.87. The number of nitrogens with zero attached hydrogens (tertiary/aromatic N) is 1. The predicted molar refractivity (Wildman–Crippen MR) is 108 cm³/mol. The van der Waals surface area contributed by atoms with Gasteiger partial charge in [0, 0.05) is 30.6 Å². The third kappa shape index (κ3) is 3.60. The van der Waals surface area contributed by atoms with E-state index in [0.717, 1.165) is 29.5 Å². The van der Waals surface area contributed by atoms with Crippen molar-refractivity contribution in [2.24, 2.45) is 0 Å². The number of para-hydroxylation sites is 1. The summed E-state index contributed by atoms with van der Waals surface area (Å²) in [6, 6.07) is 15.9. The van der Waals surface area contributed by atoms with Crippen LogP contribution in [0.15, 0.2) is 48.5 Å². The molecule has 2 N–H and O–H groups in total. The Morgan fingerprint density at radius 3 is 2.68 bits per heavy atom. The second kappa shape index (κ2) is 8.02. The number of ether oxygens (including phenoxy) is 2. The van der Waals surface area contributed by atoms with Crippen molar-refractivity contribution in [3.05, 3.63) is 59.8 Å². The Morgan fingerprint density at radius 2 is 1.93 bits per heavy atom. The van der Waals surface area contributed by atoms with Crippen LogP contribution in [0.5, 0.6) is 5.75 Å². The number of hydrogen-bond donors (Lipinski definition) is 2. The van der Waals surface area contributed by atoms with E-state index >= 15 is 0 Å². The molecule has 1 amide bonds. The number of H-pyrrole nitrogens is 1. The highest BCUT2D eigenvalue weighted by molar-refractivity contribution is 6.04.